The van der Waals surface area contributed by atoms with E-state index in [1.54, 1.807) is 0 Å². The number of rotatable bonds is 6. The van der Waals surface area contributed by atoms with E-state index in [0.29, 0.717) is 0 Å². The molecule has 4 aromatic carbocycles. The Morgan fingerprint density at radius 1 is 0.591 bits per heavy atom. The van der Waals surface area contributed by atoms with Gasteiger partial charge in [0.1, 0.15) is 23.0 Å². The quantitative estimate of drug-likeness (QED) is 0.221. The molecule has 0 heterocycles. The number of hydrogen-bond donors (Lipinski definition) is 2. The van der Waals surface area contributed by atoms with Crippen molar-refractivity contribution in [3.8, 4) is 23.0 Å². The molecule has 0 spiro atoms. The minimum atomic E-state index is 0.139. The zero-order valence-corrected chi connectivity index (χ0v) is 27.1. The molecule has 3 saturated carbocycles. The minimum Gasteiger partial charge on any atom is -0.457 e. The van der Waals surface area contributed by atoms with Crippen LogP contribution in [0.3, 0.4) is 0 Å². The Hall–Kier alpha value is -3.92. The highest BCUT2D eigenvalue weighted by Gasteiger charge is 2.69. The van der Waals surface area contributed by atoms with Crippen LogP contribution in [0.1, 0.15) is 83.0 Å². The summed E-state index contributed by atoms with van der Waals surface area (Å²) in [6.07, 6.45) is 7.78. The van der Waals surface area contributed by atoms with Crippen LogP contribution in [-0.4, -0.2) is 0 Å². The van der Waals surface area contributed by atoms with E-state index in [1.807, 2.05) is 50.2 Å². The highest BCUT2D eigenvalue weighted by atomic mass is 16.5. The average Bonchev–Trinajstić information content (AvgIpc) is 3.69. The maximum absolute atomic E-state index is 6.51. The summed E-state index contributed by atoms with van der Waals surface area (Å²) in [6.45, 7) is 12.9. The van der Waals surface area contributed by atoms with Gasteiger partial charge >= 0.3 is 0 Å². The number of benzene rings is 4. The van der Waals surface area contributed by atoms with Gasteiger partial charge in [-0.3, -0.25) is 0 Å². The van der Waals surface area contributed by atoms with Gasteiger partial charge in [0, 0.05) is 22.2 Å². The van der Waals surface area contributed by atoms with Gasteiger partial charge in [0.2, 0.25) is 0 Å². The molecule has 3 aliphatic rings. The van der Waals surface area contributed by atoms with Gasteiger partial charge in [-0.25, -0.2) is 0 Å². The van der Waals surface area contributed by atoms with Crippen LogP contribution in [0.5, 0.6) is 23.0 Å². The Bertz CT molecular complexity index is 1740. The topological polar surface area (TPSA) is 70.5 Å². The van der Waals surface area contributed by atoms with Gasteiger partial charge in [0.15, 0.2) is 0 Å². The predicted octanol–water partition coefficient (Wildman–Crippen LogP) is 10.1. The Morgan fingerprint density at radius 2 is 1.09 bits per heavy atom. The molecule has 0 saturated heterocycles. The number of hydrogen-bond acceptors (Lipinski definition) is 4. The van der Waals surface area contributed by atoms with Gasteiger partial charge < -0.3 is 20.9 Å². The van der Waals surface area contributed by atoms with Crippen molar-refractivity contribution in [3.63, 3.8) is 0 Å². The van der Waals surface area contributed by atoms with Gasteiger partial charge in [0.25, 0.3) is 0 Å². The van der Waals surface area contributed by atoms with Gasteiger partial charge in [-0.2, -0.15) is 0 Å². The number of aryl methyl sites for hydroxylation is 6. The number of ether oxygens (including phenoxy) is 2. The average molecular weight is 587 g/mol. The lowest BCUT2D eigenvalue weighted by atomic mass is 9.53. The molecule has 0 aromatic heterocycles. The van der Waals surface area contributed by atoms with E-state index in [4.69, 9.17) is 20.9 Å². The molecular formula is C40H46N2O2. The molecule has 0 amide bonds. The Morgan fingerprint density at radius 3 is 1.59 bits per heavy atom. The SMILES string of the molecule is Cc1cc(Oc2c(C)cc(C34CCC(C3)C3CCCC34c3cc(C)c(Oc4ccc(N)c(C)c4)c(C)c3)cc2C)ccc1N. The minimum absolute atomic E-state index is 0.139. The van der Waals surface area contributed by atoms with Gasteiger partial charge in [0.05, 0.1) is 0 Å². The third-order valence-corrected chi connectivity index (χ3v) is 11.6. The highest BCUT2D eigenvalue weighted by molar-refractivity contribution is 5.57. The fourth-order valence-electron chi connectivity index (χ4n) is 9.67. The van der Waals surface area contributed by atoms with Crippen LogP contribution in [0.4, 0.5) is 11.4 Å². The Balaban J connectivity index is 1.29. The molecule has 2 bridgehead atoms. The molecule has 4 aromatic rings. The van der Waals surface area contributed by atoms with Crippen LogP contribution < -0.4 is 20.9 Å². The van der Waals surface area contributed by atoms with Crippen LogP contribution >= 0.6 is 0 Å². The molecule has 3 fully saturated rings. The van der Waals surface area contributed by atoms with Crippen molar-refractivity contribution in [2.24, 2.45) is 11.8 Å². The van der Waals surface area contributed by atoms with E-state index in [1.165, 1.54) is 71.9 Å². The van der Waals surface area contributed by atoms with Gasteiger partial charge in [-0.1, -0.05) is 30.7 Å². The zero-order chi connectivity index (χ0) is 31.0. The normalized spacial score (nSPS) is 25.3. The number of fused-ring (bicyclic) bond motifs is 5. The third kappa shape index (κ3) is 4.24. The summed E-state index contributed by atoms with van der Waals surface area (Å²) in [7, 11) is 0. The van der Waals surface area contributed by atoms with Crippen molar-refractivity contribution in [1.82, 2.24) is 0 Å². The van der Waals surface area contributed by atoms with Crippen molar-refractivity contribution in [2.75, 3.05) is 11.5 Å². The van der Waals surface area contributed by atoms with Gasteiger partial charge in [-0.15, -0.1) is 0 Å². The molecule has 44 heavy (non-hydrogen) atoms. The lowest BCUT2D eigenvalue weighted by Crippen LogP contribution is -2.48. The molecular weight excluding hydrogens is 540 g/mol. The van der Waals surface area contributed by atoms with Crippen LogP contribution in [0.2, 0.25) is 0 Å². The first-order valence-electron chi connectivity index (χ1n) is 16.3. The second-order valence-corrected chi connectivity index (χ2v) is 14.2. The van der Waals surface area contributed by atoms with E-state index in [-0.39, 0.29) is 10.8 Å². The summed E-state index contributed by atoms with van der Waals surface area (Å²) in [5, 5.41) is 0. The molecule has 7 rings (SSSR count). The first-order valence-corrected chi connectivity index (χ1v) is 16.3. The summed E-state index contributed by atoms with van der Waals surface area (Å²) < 4.78 is 13.0. The molecule has 4 nitrogen and oxygen atoms in total. The van der Waals surface area contributed by atoms with E-state index < -0.39 is 0 Å². The lowest BCUT2D eigenvalue weighted by molar-refractivity contribution is 0.170. The van der Waals surface area contributed by atoms with Crippen LogP contribution in [-0.2, 0) is 10.8 Å². The van der Waals surface area contributed by atoms with Crippen LogP contribution in [0.15, 0.2) is 60.7 Å². The second kappa shape index (κ2) is 10.3. The lowest BCUT2D eigenvalue weighted by Gasteiger charge is -2.50. The summed E-state index contributed by atoms with van der Waals surface area (Å²) in [5.74, 6) is 5.13. The predicted molar refractivity (Wildman–Crippen MR) is 181 cm³/mol. The van der Waals surface area contributed by atoms with E-state index >= 15 is 0 Å². The monoisotopic (exact) mass is 586 g/mol. The second-order valence-electron chi connectivity index (χ2n) is 14.2. The van der Waals surface area contributed by atoms with Crippen molar-refractivity contribution >= 4 is 11.4 Å². The zero-order valence-electron chi connectivity index (χ0n) is 27.1. The smallest absolute Gasteiger partial charge is 0.133 e. The maximum Gasteiger partial charge on any atom is 0.133 e. The maximum atomic E-state index is 6.51. The third-order valence-electron chi connectivity index (χ3n) is 11.6. The molecule has 4 heteroatoms. The first kappa shape index (κ1) is 28.8. The summed E-state index contributed by atoms with van der Waals surface area (Å²) in [5.41, 5.74) is 24.0. The largest absolute Gasteiger partial charge is 0.457 e. The summed E-state index contributed by atoms with van der Waals surface area (Å²) in [4.78, 5) is 0. The first-order chi connectivity index (χ1) is 21.0. The number of anilines is 2. The van der Waals surface area contributed by atoms with Crippen molar-refractivity contribution in [3.05, 3.63) is 105 Å². The fourth-order valence-corrected chi connectivity index (χ4v) is 9.67. The number of nitrogen functional groups attached to an aromatic ring is 2. The van der Waals surface area contributed by atoms with Crippen molar-refractivity contribution < 1.29 is 9.47 Å². The molecule has 228 valence electrons. The summed E-state index contributed by atoms with van der Waals surface area (Å²) >= 11 is 0. The van der Waals surface area contributed by atoms with Crippen LogP contribution in [0.25, 0.3) is 0 Å². The molecule has 0 aliphatic heterocycles. The molecule has 0 radical (unpaired) electrons. The van der Waals surface area contributed by atoms with E-state index in [0.717, 1.165) is 57.3 Å². The Kier molecular flexibility index (Phi) is 6.77. The number of nitrogens with two attached hydrogens (primary N) is 2. The van der Waals surface area contributed by atoms with Crippen molar-refractivity contribution in [1.29, 1.82) is 0 Å². The van der Waals surface area contributed by atoms with E-state index in [2.05, 4.69) is 52.0 Å². The van der Waals surface area contributed by atoms with Gasteiger partial charge in [-0.05, 0) is 166 Å². The van der Waals surface area contributed by atoms with Crippen LogP contribution in [0, 0.1) is 53.4 Å². The molecule has 4 unspecified atom stereocenters. The van der Waals surface area contributed by atoms with Crippen molar-refractivity contribution in [2.45, 2.75) is 90.9 Å². The molecule has 4 atom stereocenters. The van der Waals surface area contributed by atoms with E-state index in [9.17, 15) is 0 Å². The summed E-state index contributed by atoms with van der Waals surface area (Å²) in [6, 6.07) is 21.7. The molecule has 3 aliphatic carbocycles. The fraction of sp³-hybridized carbons (Fsp3) is 0.400. The highest BCUT2D eigenvalue weighted by Crippen LogP contribution is 2.73. The standard InChI is InChI=1S/C40H46N2O2/c1-23-20-32(9-11-35(23)41)43-37-25(3)16-30(17-26(37)4)39-15-13-29(22-39)34-8-7-14-40(34,39)31-18-27(5)38(28(6)19-31)44-33-10-12-36(42)24(2)21-33/h9-12,16-21,29,34H,7-8,13-15,22,41-42H2,1-6H3. The molecule has 4 N–H and O–H groups in total. The Labute approximate surface area is 262 Å².